The highest BCUT2D eigenvalue weighted by molar-refractivity contribution is 6.30. The van der Waals surface area contributed by atoms with Crippen molar-refractivity contribution in [2.45, 2.75) is 51.0 Å². The second-order valence-corrected chi connectivity index (χ2v) is 5.78. The lowest BCUT2D eigenvalue weighted by atomic mass is 9.78. The van der Waals surface area contributed by atoms with E-state index >= 15 is 0 Å². The zero-order chi connectivity index (χ0) is 12.3. The van der Waals surface area contributed by atoms with Crippen molar-refractivity contribution in [2.75, 3.05) is 0 Å². The number of halogens is 1. The lowest BCUT2D eigenvalue weighted by molar-refractivity contribution is -0.0126. The molecule has 1 atom stereocenters. The van der Waals surface area contributed by atoms with Crippen LogP contribution >= 0.6 is 11.6 Å². The van der Waals surface area contributed by atoms with E-state index in [1.165, 1.54) is 25.7 Å². The number of benzene rings is 1. The zero-order valence-corrected chi connectivity index (χ0v) is 11.2. The molecule has 17 heavy (non-hydrogen) atoms. The van der Waals surface area contributed by atoms with Gasteiger partial charge in [0.15, 0.2) is 0 Å². The molecule has 1 unspecified atom stereocenters. The van der Waals surface area contributed by atoms with Crippen molar-refractivity contribution >= 4 is 11.6 Å². The maximum atomic E-state index is 10.8. The number of hydrogen-bond donors (Lipinski definition) is 1. The zero-order valence-electron chi connectivity index (χ0n) is 10.5. The summed E-state index contributed by atoms with van der Waals surface area (Å²) in [4.78, 5) is 0. The average molecular weight is 253 g/mol. The summed E-state index contributed by atoms with van der Waals surface area (Å²) in [7, 11) is 0. The largest absolute Gasteiger partial charge is 0.385 e. The summed E-state index contributed by atoms with van der Waals surface area (Å²) < 4.78 is 0. The first-order chi connectivity index (χ1) is 8.10. The molecule has 1 aliphatic carbocycles. The van der Waals surface area contributed by atoms with Gasteiger partial charge in [-0.25, -0.2) is 0 Å². The summed E-state index contributed by atoms with van der Waals surface area (Å²) in [6, 6.07) is 7.65. The maximum Gasteiger partial charge on any atom is 0.0897 e. The minimum Gasteiger partial charge on any atom is -0.385 e. The van der Waals surface area contributed by atoms with Gasteiger partial charge in [-0.3, -0.25) is 0 Å². The average Bonchev–Trinajstić information content (AvgIpc) is 2.58. The standard InChI is InChI=1S/C15H21ClO/c1-15(17,12-7-4-2-3-5-8-12)13-9-6-10-14(16)11-13/h6,9-12,17H,2-5,7-8H2,1H3. The van der Waals surface area contributed by atoms with Crippen LogP contribution in [0, 0.1) is 5.92 Å². The Balaban J connectivity index is 2.21. The molecule has 0 aliphatic heterocycles. The molecule has 1 N–H and O–H groups in total. The van der Waals surface area contributed by atoms with Crippen molar-refractivity contribution in [1.82, 2.24) is 0 Å². The van der Waals surface area contributed by atoms with Crippen molar-refractivity contribution in [3.8, 4) is 0 Å². The van der Waals surface area contributed by atoms with Gasteiger partial charge in [-0.15, -0.1) is 0 Å². The third kappa shape index (κ3) is 3.02. The predicted octanol–water partition coefficient (Wildman–Crippen LogP) is 4.52. The summed E-state index contributed by atoms with van der Waals surface area (Å²) in [6.07, 6.45) is 7.34. The van der Waals surface area contributed by atoms with Gasteiger partial charge in [0.25, 0.3) is 0 Å². The van der Waals surface area contributed by atoms with Crippen molar-refractivity contribution < 1.29 is 5.11 Å². The van der Waals surface area contributed by atoms with Crippen molar-refractivity contribution in [3.05, 3.63) is 34.9 Å². The summed E-state index contributed by atoms with van der Waals surface area (Å²) in [5.41, 5.74) is 0.215. The fourth-order valence-electron chi connectivity index (χ4n) is 2.88. The summed E-state index contributed by atoms with van der Waals surface area (Å²) in [5.74, 6) is 0.364. The molecule has 0 radical (unpaired) electrons. The third-order valence-corrected chi connectivity index (χ3v) is 4.29. The molecule has 0 aromatic heterocycles. The Kier molecular flexibility index (Phi) is 4.11. The highest BCUT2D eigenvalue weighted by Crippen LogP contribution is 2.38. The molecular formula is C15H21ClO. The Labute approximate surface area is 109 Å². The minimum atomic E-state index is -0.741. The Morgan fingerprint density at radius 1 is 1.18 bits per heavy atom. The molecule has 1 aromatic rings. The molecular weight excluding hydrogens is 232 g/mol. The lowest BCUT2D eigenvalue weighted by Gasteiger charge is -2.33. The van der Waals surface area contributed by atoms with Crippen molar-refractivity contribution in [1.29, 1.82) is 0 Å². The summed E-state index contributed by atoms with van der Waals surface area (Å²) in [5, 5.41) is 11.5. The van der Waals surface area contributed by atoms with Gasteiger partial charge in [0.1, 0.15) is 0 Å². The summed E-state index contributed by atoms with van der Waals surface area (Å²) >= 11 is 6.01. The van der Waals surface area contributed by atoms with Crippen LogP contribution in [0.25, 0.3) is 0 Å². The van der Waals surface area contributed by atoms with Crippen LogP contribution in [0.3, 0.4) is 0 Å². The van der Waals surface area contributed by atoms with E-state index in [1.807, 2.05) is 31.2 Å². The first kappa shape index (κ1) is 12.9. The van der Waals surface area contributed by atoms with Gasteiger partial charge in [0.2, 0.25) is 0 Å². The molecule has 0 bridgehead atoms. The van der Waals surface area contributed by atoms with E-state index in [-0.39, 0.29) is 0 Å². The van der Waals surface area contributed by atoms with Crippen LogP contribution in [0.5, 0.6) is 0 Å². The lowest BCUT2D eigenvalue weighted by Crippen LogP contribution is -2.31. The topological polar surface area (TPSA) is 20.2 Å². The molecule has 0 heterocycles. The molecule has 1 aliphatic rings. The van der Waals surface area contributed by atoms with Crippen LogP contribution in [-0.2, 0) is 5.60 Å². The Morgan fingerprint density at radius 3 is 2.41 bits per heavy atom. The monoisotopic (exact) mass is 252 g/mol. The Hall–Kier alpha value is -0.530. The molecule has 2 rings (SSSR count). The Bertz CT molecular complexity index is 365. The number of aliphatic hydroxyl groups is 1. The molecule has 1 nitrogen and oxygen atoms in total. The first-order valence-electron chi connectivity index (χ1n) is 6.59. The smallest absolute Gasteiger partial charge is 0.0897 e. The SMILES string of the molecule is CC(O)(c1cccc(Cl)c1)C1CCCCCC1. The van der Waals surface area contributed by atoms with Crippen LogP contribution in [0.4, 0.5) is 0 Å². The highest BCUT2D eigenvalue weighted by atomic mass is 35.5. The normalized spacial score (nSPS) is 21.8. The van der Waals surface area contributed by atoms with Crippen LogP contribution in [-0.4, -0.2) is 5.11 Å². The van der Waals surface area contributed by atoms with Gasteiger partial charge in [-0.1, -0.05) is 49.4 Å². The molecule has 2 heteroatoms. The van der Waals surface area contributed by atoms with Crippen molar-refractivity contribution in [2.24, 2.45) is 5.92 Å². The molecule has 1 saturated carbocycles. The van der Waals surface area contributed by atoms with Crippen LogP contribution in [0.15, 0.2) is 24.3 Å². The quantitative estimate of drug-likeness (QED) is 0.768. The maximum absolute atomic E-state index is 10.8. The predicted molar refractivity (Wildman–Crippen MR) is 72.2 cm³/mol. The van der Waals surface area contributed by atoms with E-state index in [2.05, 4.69) is 0 Å². The van der Waals surface area contributed by atoms with E-state index in [0.717, 1.165) is 18.4 Å². The number of hydrogen-bond acceptors (Lipinski definition) is 1. The first-order valence-corrected chi connectivity index (χ1v) is 6.97. The fraction of sp³-hybridized carbons (Fsp3) is 0.600. The van der Waals surface area contributed by atoms with E-state index < -0.39 is 5.60 Å². The molecule has 1 aromatic carbocycles. The van der Waals surface area contributed by atoms with E-state index in [9.17, 15) is 5.11 Å². The van der Waals surface area contributed by atoms with E-state index in [4.69, 9.17) is 11.6 Å². The molecule has 94 valence electrons. The summed E-state index contributed by atoms with van der Waals surface area (Å²) in [6.45, 7) is 1.94. The van der Waals surface area contributed by atoms with Gasteiger partial charge in [-0.05, 0) is 43.4 Å². The molecule has 0 saturated heterocycles. The second-order valence-electron chi connectivity index (χ2n) is 5.35. The van der Waals surface area contributed by atoms with Crippen LogP contribution in [0.2, 0.25) is 5.02 Å². The Morgan fingerprint density at radius 2 is 1.82 bits per heavy atom. The van der Waals surface area contributed by atoms with Crippen molar-refractivity contribution in [3.63, 3.8) is 0 Å². The van der Waals surface area contributed by atoms with Gasteiger partial charge < -0.3 is 5.11 Å². The van der Waals surface area contributed by atoms with Gasteiger partial charge in [0.05, 0.1) is 5.60 Å². The minimum absolute atomic E-state index is 0.364. The molecule has 0 spiro atoms. The highest BCUT2D eigenvalue weighted by Gasteiger charge is 2.33. The van der Waals surface area contributed by atoms with E-state index in [1.54, 1.807) is 0 Å². The molecule has 1 fully saturated rings. The van der Waals surface area contributed by atoms with Gasteiger partial charge in [0, 0.05) is 5.02 Å². The molecule has 0 amide bonds. The van der Waals surface area contributed by atoms with Crippen LogP contribution < -0.4 is 0 Å². The van der Waals surface area contributed by atoms with E-state index in [0.29, 0.717) is 10.9 Å². The fourth-order valence-corrected chi connectivity index (χ4v) is 3.07. The second kappa shape index (κ2) is 5.41. The van der Waals surface area contributed by atoms with Crippen LogP contribution in [0.1, 0.15) is 51.0 Å². The van der Waals surface area contributed by atoms with Gasteiger partial charge in [-0.2, -0.15) is 0 Å². The number of rotatable bonds is 2. The van der Waals surface area contributed by atoms with Gasteiger partial charge >= 0.3 is 0 Å². The third-order valence-electron chi connectivity index (χ3n) is 4.06.